The Labute approximate surface area is 143 Å². The number of carbonyl (C=O) groups is 2. The molecule has 0 saturated carbocycles. The molecule has 0 unspecified atom stereocenters. The molecule has 6 heteroatoms. The van der Waals surface area contributed by atoms with Crippen LogP contribution in [0.25, 0.3) is 6.08 Å². The van der Waals surface area contributed by atoms with E-state index >= 15 is 0 Å². The van der Waals surface area contributed by atoms with Gasteiger partial charge in [-0.2, -0.15) is 0 Å². The highest BCUT2D eigenvalue weighted by molar-refractivity contribution is 5.92. The van der Waals surface area contributed by atoms with E-state index in [0.717, 1.165) is 12.0 Å². The maximum Gasteiger partial charge on any atom is 0.307 e. The number of amides is 1. The lowest BCUT2D eigenvalue weighted by Gasteiger charge is -2.19. The van der Waals surface area contributed by atoms with Crippen molar-refractivity contribution in [2.24, 2.45) is 0 Å². The fraction of sp³-hybridized carbons (Fsp3) is 0.444. The molecule has 0 bridgehead atoms. The Morgan fingerprint density at radius 3 is 2.38 bits per heavy atom. The number of rotatable bonds is 9. The molecule has 0 fully saturated rings. The van der Waals surface area contributed by atoms with E-state index in [2.05, 4.69) is 4.74 Å². The van der Waals surface area contributed by atoms with E-state index in [-0.39, 0.29) is 18.3 Å². The number of esters is 1. The minimum atomic E-state index is -0.326. The molecule has 0 aliphatic carbocycles. The Hall–Kier alpha value is -2.50. The average Bonchev–Trinajstić information content (AvgIpc) is 2.62. The summed E-state index contributed by atoms with van der Waals surface area (Å²) < 4.78 is 15.0. The number of hydrogen-bond donors (Lipinski definition) is 0. The van der Waals surface area contributed by atoms with Gasteiger partial charge in [0.2, 0.25) is 5.91 Å². The molecule has 6 nitrogen and oxygen atoms in total. The van der Waals surface area contributed by atoms with Gasteiger partial charge >= 0.3 is 5.97 Å². The van der Waals surface area contributed by atoms with E-state index in [1.165, 1.54) is 13.2 Å². The smallest absolute Gasteiger partial charge is 0.307 e. The number of carbonyl (C=O) groups excluding carboxylic acids is 2. The predicted molar refractivity (Wildman–Crippen MR) is 92.1 cm³/mol. The van der Waals surface area contributed by atoms with Crippen LogP contribution in [-0.4, -0.2) is 51.2 Å². The van der Waals surface area contributed by atoms with E-state index in [4.69, 9.17) is 9.47 Å². The van der Waals surface area contributed by atoms with Crippen molar-refractivity contribution in [1.82, 2.24) is 4.90 Å². The van der Waals surface area contributed by atoms with Gasteiger partial charge in [0, 0.05) is 19.2 Å². The van der Waals surface area contributed by atoms with E-state index in [0.29, 0.717) is 24.6 Å². The fourth-order valence-electron chi connectivity index (χ4n) is 2.16. The summed E-state index contributed by atoms with van der Waals surface area (Å²) in [5.41, 5.74) is 0.824. The number of methoxy groups -OCH3 is 3. The third-order valence-electron chi connectivity index (χ3n) is 3.44. The largest absolute Gasteiger partial charge is 0.493 e. The second-order valence-electron chi connectivity index (χ2n) is 5.10. The summed E-state index contributed by atoms with van der Waals surface area (Å²) in [7, 11) is 4.47. The van der Waals surface area contributed by atoms with Crippen molar-refractivity contribution in [2.75, 3.05) is 34.4 Å². The van der Waals surface area contributed by atoms with Gasteiger partial charge in [0.05, 0.1) is 27.8 Å². The van der Waals surface area contributed by atoms with E-state index in [1.807, 2.05) is 13.0 Å². The highest BCUT2D eigenvalue weighted by Gasteiger charge is 2.12. The van der Waals surface area contributed by atoms with Gasteiger partial charge < -0.3 is 19.1 Å². The normalized spacial score (nSPS) is 10.5. The molecular formula is C18H25NO5. The Balaban J connectivity index is 2.78. The van der Waals surface area contributed by atoms with E-state index in [1.54, 1.807) is 37.3 Å². The van der Waals surface area contributed by atoms with Crippen molar-refractivity contribution in [3.8, 4) is 11.5 Å². The summed E-state index contributed by atoms with van der Waals surface area (Å²) in [5.74, 6) is 0.762. The number of benzene rings is 1. The minimum absolute atomic E-state index is 0.143. The zero-order valence-corrected chi connectivity index (χ0v) is 14.7. The lowest BCUT2D eigenvalue weighted by atomic mass is 10.2. The van der Waals surface area contributed by atoms with Gasteiger partial charge in [-0.15, -0.1) is 0 Å². The molecule has 0 aliphatic rings. The number of hydrogen-bond acceptors (Lipinski definition) is 5. The summed E-state index contributed by atoms with van der Waals surface area (Å²) in [6.45, 7) is 2.91. The third-order valence-corrected chi connectivity index (χ3v) is 3.44. The zero-order chi connectivity index (χ0) is 17.9. The topological polar surface area (TPSA) is 65.1 Å². The summed E-state index contributed by atoms with van der Waals surface area (Å²) in [5, 5.41) is 0. The van der Waals surface area contributed by atoms with Crippen LogP contribution in [0.3, 0.4) is 0 Å². The van der Waals surface area contributed by atoms with Crippen LogP contribution in [0.2, 0.25) is 0 Å². The standard InChI is InChI=1S/C18H25NO5/c1-5-11-19(12-10-18(21)24-4)17(20)9-7-14-6-8-15(22-2)16(13-14)23-3/h6-9,13H,5,10-12H2,1-4H3/b9-7+. The molecule has 0 spiro atoms. The van der Waals surface area contributed by atoms with Crippen molar-refractivity contribution in [3.05, 3.63) is 29.8 Å². The third kappa shape index (κ3) is 5.95. The van der Waals surface area contributed by atoms with Crippen LogP contribution in [0.5, 0.6) is 11.5 Å². The van der Waals surface area contributed by atoms with Crippen molar-refractivity contribution in [1.29, 1.82) is 0 Å². The molecule has 1 aromatic carbocycles. The second-order valence-corrected chi connectivity index (χ2v) is 5.10. The molecule has 24 heavy (non-hydrogen) atoms. The molecule has 0 saturated heterocycles. The molecule has 0 aliphatic heterocycles. The molecule has 132 valence electrons. The maximum absolute atomic E-state index is 12.3. The summed E-state index contributed by atoms with van der Waals surface area (Å²) in [6.07, 6.45) is 4.21. The molecule has 1 aromatic rings. The van der Waals surface area contributed by atoms with Gasteiger partial charge in [-0.1, -0.05) is 13.0 Å². The van der Waals surface area contributed by atoms with Gasteiger partial charge in [0.15, 0.2) is 11.5 Å². The van der Waals surface area contributed by atoms with Gasteiger partial charge in [0.1, 0.15) is 0 Å². The summed E-state index contributed by atoms with van der Waals surface area (Å²) in [6, 6.07) is 5.41. The SMILES string of the molecule is CCCN(CCC(=O)OC)C(=O)/C=C/c1ccc(OC)c(OC)c1. The van der Waals surface area contributed by atoms with E-state index < -0.39 is 0 Å². The average molecular weight is 335 g/mol. The lowest BCUT2D eigenvalue weighted by molar-refractivity contribution is -0.141. The Morgan fingerprint density at radius 1 is 1.08 bits per heavy atom. The minimum Gasteiger partial charge on any atom is -0.493 e. The van der Waals surface area contributed by atoms with Gasteiger partial charge in [-0.25, -0.2) is 0 Å². The maximum atomic E-state index is 12.3. The predicted octanol–water partition coefficient (Wildman–Crippen LogP) is 2.52. The number of ether oxygens (including phenoxy) is 3. The van der Waals surface area contributed by atoms with Crippen LogP contribution in [0.1, 0.15) is 25.3 Å². The first-order valence-electron chi connectivity index (χ1n) is 7.81. The molecule has 1 amide bonds. The van der Waals surface area contributed by atoms with E-state index in [9.17, 15) is 9.59 Å². The molecule has 1 rings (SSSR count). The molecule has 0 heterocycles. The Bertz CT molecular complexity index is 583. The zero-order valence-electron chi connectivity index (χ0n) is 14.7. The van der Waals surface area contributed by atoms with Gasteiger partial charge in [-0.3, -0.25) is 9.59 Å². The molecule has 0 N–H and O–H groups in total. The Morgan fingerprint density at radius 2 is 1.79 bits per heavy atom. The summed E-state index contributed by atoms with van der Waals surface area (Å²) >= 11 is 0. The molecular weight excluding hydrogens is 310 g/mol. The quantitative estimate of drug-likeness (QED) is 0.512. The van der Waals surface area contributed by atoms with Crippen LogP contribution < -0.4 is 9.47 Å². The van der Waals surface area contributed by atoms with Gasteiger partial charge in [-0.05, 0) is 30.2 Å². The molecule has 0 radical (unpaired) electrons. The van der Waals surface area contributed by atoms with Crippen LogP contribution in [0.15, 0.2) is 24.3 Å². The lowest BCUT2D eigenvalue weighted by Crippen LogP contribution is -2.32. The highest BCUT2D eigenvalue weighted by Crippen LogP contribution is 2.27. The second kappa shape index (κ2) is 10.3. The van der Waals surface area contributed by atoms with Crippen LogP contribution in [0, 0.1) is 0 Å². The number of nitrogens with zero attached hydrogens (tertiary/aromatic N) is 1. The Kier molecular flexibility index (Phi) is 8.39. The first-order valence-corrected chi connectivity index (χ1v) is 7.81. The van der Waals surface area contributed by atoms with Crippen LogP contribution in [-0.2, 0) is 14.3 Å². The monoisotopic (exact) mass is 335 g/mol. The fourth-order valence-corrected chi connectivity index (χ4v) is 2.16. The van der Waals surface area contributed by atoms with Crippen molar-refractivity contribution in [3.63, 3.8) is 0 Å². The van der Waals surface area contributed by atoms with Gasteiger partial charge in [0.25, 0.3) is 0 Å². The van der Waals surface area contributed by atoms with Crippen molar-refractivity contribution >= 4 is 18.0 Å². The first kappa shape index (κ1) is 19.5. The van der Waals surface area contributed by atoms with Crippen LogP contribution in [0.4, 0.5) is 0 Å². The van der Waals surface area contributed by atoms with Crippen molar-refractivity contribution in [2.45, 2.75) is 19.8 Å². The summed E-state index contributed by atoms with van der Waals surface area (Å²) in [4.78, 5) is 25.2. The van der Waals surface area contributed by atoms with Crippen molar-refractivity contribution < 1.29 is 23.8 Å². The van der Waals surface area contributed by atoms with Crippen LogP contribution >= 0.6 is 0 Å². The molecule has 0 atom stereocenters. The molecule has 0 aromatic heterocycles. The highest BCUT2D eigenvalue weighted by atomic mass is 16.5. The first-order chi connectivity index (χ1) is 11.5.